The predicted octanol–water partition coefficient (Wildman–Crippen LogP) is 3.30. The number of nitrogens with zero attached hydrogens (tertiary/aromatic N) is 2. The molecule has 0 radical (unpaired) electrons. The number of carbonyl (C=O) groups is 3. The van der Waals surface area contributed by atoms with Crippen molar-refractivity contribution in [2.45, 2.75) is 52.0 Å². The van der Waals surface area contributed by atoms with Crippen LogP contribution in [0.3, 0.4) is 0 Å². The number of pyridine rings is 1. The van der Waals surface area contributed by atoms with E-state index in [4.69, 9.17) is 5.21 Å². The van der Waals surface area contributed by atoms with Gasteiger partial charge in [0, 0.05) is 18.1 Å². The Bertz CT molecular complexity index is 969. The minimum absolute atomic E-state index is 0.208. The van der Waals surface area contributed by atoms with E-state index in [0.29, 0.717) is 23.7 Å². The molecule has 9 nitrogen and oxygen atoms in total. The second kappa shape index (κ2) is 11.6. The van der Waals surface area contributed by atoms with Crippen molar-refractivity contribution in [1.82, 2.24) is 20.7 Å². The molecule has 0 unspecified atom stereocenters. The molecule has 1 aliphatic carbocycles. The third-order valence-electron chi connectivity index (χ3n) is 6.15. The van der Waals surface area contributed by atoms with Crippen LogP contribution in [0.5, 0.6) is 0 Å². The fourth-order valence-electron chi connectivity index (χ4n) is 4.33. The van der Waals surface area contributed by atoms with E-state index in [1.807, 2.05) is 38.1 Å². The number of hydrogen-bond acceptors (Lipinski definition) is 5. The summed E-state index contributed by atoms with van der Waals surface area (Å²) in [4.78, 5) is 43.8. The van der Waals surface area contributed by atoms with Gasteiger partial charge in [-0.05, 0) is 30.4 Å². The molecule has 2 aromatic rings. The molecule has 0 spiro atoms. The molecule has 1 fully saturated rings. The second-order valence-corrected chi connectivity index (χ2v) is 8.93. The van der Waals surface area contributed by atoms with Gasteiger partial charge in [-0.3, -0.25) is 19.8 Å². The first-order valence-electron chi connectivity index (χ1n) is 11.5. The Kier molecular flexibility index (Phi) is 8.59. The fraction of sp³-hybridized carbons (Fsp3) is 0.500. The van der Waals surface area contributed by atoms with Crippen LogP contribution in [0, 0.1) is 11.8 Å². The van der Waals surface area contributed by atoms with Crippen molar-refractivity contribution in [3.05, 3.63) is 36.5 Å². The van der Waals surface area contributed by atoms with Crippen molar-refractivity contribution in [2.75, 3.05) is 18.4 Å². The van der Waals surface area contributed by atoms with Gasteiger partial charge in [-0.15, -0.1) is 0 Å². The Morgan fingerprint density at radius 3 is 2.58 bits per heavy atom. The van der Waals surface area contributed by atoms with Gasteiger partial charge < -0.3 is 15.5 Å². The van der Waals surface area contributed by atoms with Crippen LogP contribution in [0.25, 0.3) is 10.9 Å². The van der Waals surface area contributed by atoms with Gasteiger partial charge in [-0.2, -0.15) is 0 Å². The van der Waals surface area contributed by atoms with E-state index < -0.39 is 18.0 Å². The molecule has 1 heterocycles. The Hall–Kier alpha value is -3.20. The van der Waals surface area contributed by atoms with Crippen LogP contribution in [0.2, 0.25) is 0 Å². The van der Waals surface area contributed by atoms with Crippen molar-refractivity contribution in [3.63, 3.8) is 0 Å². The highest BCUT2D eigenvalue weighted by atomic mass is 16.5. The lowest BCUT2D eigenvalue weighted by Gasteiger charge is -2.30. The molecule has 1 aliphatic rings. The fourth-order valence-corrected chi connectivity index (χ4v) is 4.33. The minimum Gasteiger partial charge on any atom is -0.332 e. The maximum Gasteiger partial charge on any atom is 0.319 e. The number of benzene rings is 1. The van der Waals surface area contributed by atoms with Gasteiger partial charge in [0.2, 0.25) is 5.91 Å². The Balaban J connectivity index is 1.70. The first-order chi connectivity index (χ1) is 15.9. The van der Waals surface area contributed by atoms with Crippen molar-refractivity contribution in [1.29, 1.82) is 0 Å². The van der Waals surface area contributed by atoms with E-state index in [2.05, 4.69) is 15.6 Å². The van der Waals surface area contributed by atoms with E-state index >= 15 is 0 Å². The van der Waals surface area contributed by atoms with Crippen LogP contribution in [-0.2, 0) is 9.59 Å². The molecule has 178 valence electrons. The second-order valence-electron chi connectivity index (χ2n) is 8.93. The van der Waals surface area contributed by atoms with Gasteiger partial charge in [0.15, 0.2) is 0 Å². The van der Waals surface area contributed by atoms with Crippen LogP contribution in [0.15, 0.2) is 36.5 Å². The zero-order valence-corrected chi connectivity index (χ0v) is 19.2. The quantitative estimate of drug-likeness (QED) is 0.341. The average Bonchev–Trinajstić information content (AvgIpc) is 3.33. The summed E-state index contributed by atoms with van der Waals surface area (Å²) in [6, 6.07) is 7.84. The van der Waals surface area contributed by atoms with Crippen LogP contribution < -0.4 is 16.1 Å². The largest absolute Gasteiger partial charge is 0.332 e. The normalized spacial score (nSPS) is 14.8. The molecule has 0 saturated heterocycles. The predicted molar refractivity (Wildman–Crippen MR) is 126 cm³/mol. The molecular weight excluding hydrogens is 422 g/mol. The molecule has 4 N–H and O–H groups in total. The first kappa shape index (κ1) is 24.4. The summed E-state index contributed by atoms with van der Waals surface area (Å²) in [5.74, 6) is -0.688. The van der Waals surface area contributed by atoms with Gasteiger partial charge in [0.25, 0.3) is 5.91 Å². The van der Waals surface area contributed by atoms with Crippen molar-refractivity contribution < 1.29 is 19.6 Å². The summed E-state index contributed by atoms with van der Waals surface area (Å²) in [7, 11) is 0. The van der Waals surface area contributed by atoms with Crippen LogP contribution in [-0.4, -0.2) is 52.1 Å². The summed E-state index contributed by atoms with van der Waals surface area (Å²) in [5.41, 5.74) is 2.79. The van der Waals surface area contributed by atoms with Crippen LogP contribution >= 0.6 is 0 Å². The lowest BCUT2D eigenvalue weighted by Crippen LogP contribution is -2.54. The van der Waals surface area contributed by atoms with E-state index in [-0.39, 0.29) is 18.4 Å². The van der Waals surface area contributed by atoms with Crippen LogP contribution in [0.4, 0.5) is 10.5 Å². The molecule has 33 heavy (non-hydrogen) atoms. The number of nitrogens with one attached hydrogen (secondary N) is 3. The number of fused-ring (bicyclic) bond motifs is 1. The number of aromatic nitrogens is 1. The van der Waals surface area contributed by atoms with E-state index in [9.17, 15) is 14.4 Å². The van der Waals surface area contributed by atoms with E-state index in [0.717, 1.165) is 24.6 Å². The highest BCUT2D eigenvalue weighted by molar-refractivity contribution is 6.01. The summed E-state index contributed by atoms with van der Waals surface area (Å²) in [5, 5.41) is 15.4. The number of amides is 4. The van der Waals surface area contributed by atoms with Crippen molar-refractivity contribution in [2.24, 2.45) is 11.8 Å². The van der Waals surface area contributed by atoms with E-state index in [1.54, 1.807) is 17.7 Å². The summed E-state index contributed by atoms with van der Waals surface area (Å²) >= 11 is 0. The zero-order valence-electron chi connectivity index (χ0n) is 19.2. The average molecular weight is 456 g/mol. The summed E-state index contributed by atoms with van der Waals surface area (Å²) in [6.45, 7) is 3.81. The summed E-state index contributed by atoms with van der Waals surface area (Å²) < 4.78 is 0. The highest BCUT2D eigenvalue weighted by Crippen LogP contribution is 2.28. The molecule has 0 bridgehead atoms. The molecule has 9 heteroatoms. The number of rotatable bonds is 9. The van der Waals surface area contributed by atoms with Gasteiger partial charge in [0.05, 0.1) is 11.2 Å². The molecule has 0 aliphatic heterocycles. The van der Waals surface area contributed by atoms with Gasteiger partial charge in [-0.1, -0.05) is 57.7 Å². The molecule has 3 rings (SSSR count). The van der Waals surface area contributed by atoms with Crippen LogP contribution in [0.1, 0.15) is 46.0 Å². The Morgan fingerprint density at radius 2 is 1.88 bits per heavy atom. The lowest BCUT2D eigenvalue weighted by molar-refractivity contribution is -0.141. The Labute approximate surface area is 193 Å². The Morgan fingerprint density at radius 1 is 1.15 bits per heavy atom. The molecule has 1 aromatic heterocycles. The first-order valence-corrected chi connectivity index (χ1v) is 11.5. The third kappa shape index (κ3) is 6.64. The van der Waals surface area contributed by atoms with Gasteiger partial charge in [0.1, 0.15) is 12.6 Å². The number of carbonyl (C=O) groups excluding carboxylic acids is 3. The number of hydroxylamine groups is 1. The monoisotopic (exact) mass is 455 g/mol. The standard InChI is InChI=1S/C24H33N5O4/c1-16(2)21(23(31)29(15-20(30)28-33)14-12-17-7-3-4-8-17)27-24(32)26-19-11-5-9-18-10-6-13-25-22(18)19/h5-6,9-11,13,16-17,21,33H,3-4,7-8,12,14-15H2,1-2H3,(H,28,30)(H2,26,27,32)/t21-/m0/s1. The third-order valence-corrected chi connectivity index (χ3v) is 6.15. The van der Waals surface area contributed by atoms with E-state index in [1.165, 1.54) is 17.7 Å². The van der Waals surface area contributed by atoms with Gasteiger partial charge >= 0.3 is 6.03 Å². The lowest BCUT2D eigenvalue weighted by atomic mass is 10.0. The minimum atomic E-state index is -0.831. The number of hydrogen-bond donors (Lipinski definition) is 4. The smallest absolute Gasteiger partial charge is 0.319 e. The molecule has 1 aromatic carbocycles. The maximum absolute atomic E-state index is 13.4. The molecule has 1 saturated carbocycles. The highest BCUT2D eigenvalue weighted by Gasteiger charge is 2.30. The summed E-state index contributed by atoms with van der Waals surface area (Å²) in [6.07, 6.45) is 7.08. The number of anilines is 1. The van der Waals surface area contributed by atoms with Crippen molar-refractivity contribution in [3.8, 4) is 0 Å². The molecule has 1 atom stereocenters. The van der Waals surface area contributed by atoms with Gasteiger partial charge in [-0.25, -0.2) is 10.3 Å². The number of para-hydroxylation sites is 1. The maximum atomic E-state index is 13.4. The topological polar surface area (TPSA) is 124 Å². The van der Waals surface area contributed by atoms with Crippen molar-refractivity contribution >= 4 is 34.4 Å². The number of urea groups is 1. The SMILES string of the molecule is CC(C)[C@H](NC(=O)Nc1cccc2cccnc12)C(=O)N(CCC1CCCC1)CC(=O)NO. The molecule has 4 amide bonds. The molecular formula is C24H33N5O4. The zero-order chi connectivity index (χ0) is 23.8.